The average molecular weight is 470 g/mol. The first kappa shape index (κ1) is 24.0. The van der Waals surface area contributed by atoms with Gasteiger partial charge in [0.1, 0.15) is 0 Å². The lowest BCUT2D eigenvalue weighted by molar-refractivity contribution is -0.138. The number of halogens is 3. The number of piperazine rings is 1. The monoisotopic (exact) mass is 469 g/mol. The lowest BCUT2D eigenvalue weighted by Gasteiger charge is -2.34. The zero-order valence-corrected chi connectivity index (χ0v) is 19.0. The Morgan fingerprint density at radius 2 is 1.72 bits per heavy atom. The van der Waals surface area contributed by atoms with E-state index in [-0.39, 0.29) is 35.0 Å². The molecular formula is C21H26F3N5O2S. The molecule has 1 fully saturated rings. The lowest BCUT2D eigenvalue weighted by atomic mass is 9.92. The molecule has 0 unspecified atom stereocenters. The Hall–Kier alpha value is -2.69. The maximum Gasteiger partial charge on any atom is 0.417 e. The van der Waals surface area contributed by atoms with E-state index in [9.17, 15) is 22.8 Å². The van der Waals surface area contributed by atoms with Crippen LogP contribution in [-0.4, -0.2) is 59.6 Å². The van der Waals surface area contributed by atoms with E-state index in [0.29, 0.717) is 24.8 Å². The van der Waals surface area contributed by atoms with E-state index in [0.717, 1.165) is 23.8 Å². The highest BCUT2D eigenvalue weighted by molar-refractivity contribution is 7.17. The normalized spacial score (nSPS) is 15.1. The van der Waals surface area contributed by atoms with E-state index in [1.54, 1.807) is 0 Å². The van der Waals surface area contributed by atoms with Crippen molar-refractivity contribution in [3.63, 3.8) is 0 Å². The Bertz CT molecular complexity index is 963. The van der Waals surface area contributed by atoms with E-state index >= 15 is 0 Å². The third-order valence-corrected chi connectivity index (χ3v) is 6.05. The number of aromatic nitrogens is 2. The third-order valence-electron chi connectivity index (χ3n) is 5.07. The second-order valence-corrected chi connectivity index (χ2v) is 9.73. The smallest absolute Gasteiger partial charge is 0.350 e. The summed E-state index contributed by atoms with van der Waals surface area (Å²) in [6, 6.07) is 4.81. The molecule has 0 radical (unpaired) electrons. The predicted molar refractivity (Wildman–Crippen MR) is 116 cm³/mol. The Morgan fingerprint density at radius 1 is 1.06 bits per heavy atom. The van der Waals surface area contributed by atoms with Gasteiger partial charge in [0.25, 0.3) is 11.8 Å². The first-order valence-corrected chi connectivity index (χ1v) is 11.1. The molecule has 0 atom stereocenters. The number of nitrogens with zero attached hydrogens (tertiary/aromatic N) is 4. The van der Waals surface area contributed by atoms with Crippen LogP contribution in [0.4, 0.5) is 18.3 Å². The van der Waals surface area contributed by atoms with Crippen molar-refractivity contribution in [3.8, 4) is 0 Å². The molecule has 0 aliphatic carbocycles. The van der Waals surface area contributed by atoms with Gasteiger partial charge in [-0.15, -0.1) is 10.2 Å². The zero-order valence-electron chi connectivity index (χ0n) is 18.2. The maximum atomic E-state index is 13.2. The van der Waals surface area contributed by atoms with Crippen molar-refractivity contribution in [1.29, 1.82) is 0 Å². The Morgan fingerprint density at radius 3 is 2.34 bits per heavy atom. The summed E-state index contributed by atoms with van der Waals surface area (Å²) in [5.41, 5.74) is -1.17. The van der Waals surface area contributed by atoms with Gasteiger partial charge in [-0.1, -0.05) is 44.2 Å². The number of rotatable bonds is 5. The molecule has 2 heterocycles. The first-order valence-electron chi connectivity index (χ1n) is 10.3. The van der Waals surface area contributed by atoms with Crippen LogP contribution in [0.5, 0.6) is 0 Å². The van der Waals surface area contributed by atoms with Crippen molar-refractivity contribution >= 4 is 28.3 Å². The minimum Gasteiger partial charge on any atom is -0.350 e. The van der Waals surface area contributed by atoms with Gasteiger partial charge in [-0.3, -0.25) is 9.59 Å². The highest BCUT2D eigenvalue weighted by Gasteiger charge is 2.36. The Labute approximate surface area is 188 Å². The van der Waals surface area contributed by atoms with Crippen LogP contribution in [0.1, 0.15) is 52.9 Å². The van der Waals surface area contributed by atoms with Gasteiger partial charge >= 0.3 is 6.18 Å². The topological polar surface area (TPSA) is 78.4 Å². The summed E-state index contributed by atoms with van der Waals surface area (Å²) in [6.07, 6.45) is -3.76. The second-order valence-electron chi connectivity index (χ2n) is 8.78. The van der Waals surface area contributed by atoms with Crippen LogP contribution in [0.3, 0.4) is 0 Å². The van der Waals surface area contributed by atoms with E-state index in [1.807, 2.05) is 4.90 Å². The Balaban J connectivity index is 1.58. The number of alkyl halides is 3. The molecule has 1 aliphatic heterocycles. The van der Waals surface area contributed by atoms with Crippen LogP contribution in [0.15, 0.2) is 24.3 Å². The van der Waals surface area contributed by atoms with Crippen LogP contribution < -0.4 is 10.2 Å². The molecule has 3 rings (SSSR count). The lowest BCUT2D eigenvalue weighted by Crippen LogP contribution is -2.49. The molecule has 1 aliphatic rings. The average Bonchev–Trinajstić information content (AvgIpc) is 3.22. The van der Waals surface area contributed by atoms with Crippen LogP contribution in [-0.2, 0) is 6.18 Å². The van der Waals surface area contributed by atoms with Crippen molar-refractivity contribution in [2.24, 2.45) is 5.41 Å². The summed E-state index contributed by atoms with van der Waals surface area (Å²) in [5, 5.41) is 11.7. The van der Waals surface area contributed by atoms with Crippen LogP contribution >= 0.6 is 11.3 Å². The number of carbonyl (C=O) groups is 2. The van der Waals surface area contributed by atoms with Crippen LogP contribution in [0.2, 0.25) is 0 Å². The first-order chi connectivity index (χ1) is 15.0. The molecule has 1 aromatic carbocycles. The van der Waals surface area contributed by atoms with Crippen molar-refractivity contribution in [2.75, 3.05) is 37.6 Å². The number of nitrogens with one attached hydrogen (secondary N) is 1. The fraction of sp³-hybridized carbons (Fsp3) is 0.524. The standard InChI is InChI=1S/C21H26F3N5O2S/c1-20(2,3)8-9-25-16(30)17-26-27-19(32-17)29-12-10-28(11-13-29)18(31)14-6-4-5-7-15(14)21(22,23)24/h4-7H,8-13H2,1-3H3,(H,25,30). The van der Waals surface area contributed by atoms with Gasteiger partial charge in [-0.25, -0.2) is 0 Å². The second kappa shape index (κ2) is 9.43. The summed E-state index contributed by atoms with van der Waals surface area (Å²) in [5.74, 6) is -0.927. The molecule has 0 bridgehead atoms. The number of carbonyl (C=O) groups excluding carboxylic acids is 2. The highest BCUT2D eigenvalue weighted by Crippen LogP contribution is 2.32. The van der Waals surface area contributed by atoms with Gasteiger partial charge < -0.3 is 15.1 Å². The van der Waals surface area contributed by atoms with Crippen molar-refractivity contribution in [1.82, 2.24) is 20.4 Å². The molecule has 7 nitrogen and oxygen atoms in total. The molecule has 2 aromatic rings. The molecule has 174 valence electrons. The minimum absolute atomic E-state index is 0.108. The number of hydrogen-bond acceptors (Lipinski definition) is 6. The molecule has 2 amide bonds. The van der Waals surface area contributed by atoms with Gasteiger partial charge in [0.15, 0.2) is 0 Å². The van der Waals surface area contributed by atoms with E-state index in [2.05, 4.69) is 36.3 Å². The summed E-state index contributed by atoms with van der Waals surface area (Å²) in [6.45, 7) is 8.09. The van der Waals surface area contributed by atoms with Crippen molar-refractivity contribution in [2.45, 2.75) is 33.4 Å². The molecule has 1 N–H and O–H groups in total. The number of anilines is 1. The predicted octanol–water partition coefficient (Wildman–Crippen LogP) is 3.69. The number of hydrogen-bond donors (Lipinski definition) is 1. The van der Waals surface area contributed by atoms with E-state index in [1.165, 1.54) is 23.1 Å². The molecule has 32 heavy (non-hydrogen) atoms. The molecule has 0 spiro atoms. The van der Waals surface area contributed by atoms with E-state index < -0.39 is 17.6 Å². The van der Waals surface area contributed by atoms with E-state index in [4.69, 9.17) is 0 Å². The van der Waals surface area contributed by atoms with Gasteiger partial charge in [0.2, 0.25) is 10.1 Å². The fourth-order valence-electron chi connectivity index (χ4n) is 3.25. The van der Waals surface area contributed by atoms with Crippen molar-refractivity contribution in [3.05, 3.63) is 40.4 Å². The zero-order chi connectivity index (χ0) is 23.5. The van der Waals surface area contributed by atoms with Crippen LogP contribution in [0, 0.1) is 5.41 Å². The maximum absolute atomic E-state index is 13.2. The summed E-state index contributed by atoms with van der Waals surface area (Å²) >= 11 is 1.16. The quantitative estimate of drug-likeness (QED) is 0.723. The number of benzene rings is 1. The summed E-state index contributed by atoms with van der Waals surface area (Å²) < 4.78 is 39.7. The SMILES string of the molecule is CC(C)(C)CCNC(=O)c1nnc(N2CCN(C(=O)c3ccccc3C(F)(F)F)CC2)s1. The van der Waals surface area contributed by atoms with Gasteiger partial charge in [-0.05, 0) is 24.0 Å². The number of amides is 2. The Kier molecular flexibility index (Phi) is 7.06. The molecule has 1 aromatic heterocycles. The molecular weight excluding hydrogens is 443 g/mol. The molecule has 1 saturated heterocycles. The van der Waals surface area contributed by atoms with Crippen molar-refractivity contribution < 1.29 is 22.8 Å². The van der Waals surface area contributed by atoms with Gasteiger partial charge in [0.05, 0.1) is 11.1 Å². The van der Waals surface area contributed by atoms with Crippen LogP contribution in [0.25, 0.3) is 0 Å². The van der Waals surface area contributed by atoms with Gasteiger partial charge in [-0.2, -0.15) is 13.2 Å². The fourth-order valence-corrected chi connectivity index (χ4v) is 4.06. The third kappa shape index (κ3) is 5.96. The highest BCUT2D eigenvalue weighted by atomic mass is 32.1. The molecule has 11 heteroatoms. The molecule has 0 saturated carbocycles. The largest absolute Gasteiger partial charge is 0.417 e. The van der Waals surface area contributed by atoms with Gasteiger partial charge in [0, 0.05) is 32.7 Å². The minimum atomic E-state index is -4.59. The summed E-state index contributed by atoms with van der Waals surface area (Å²) in [4.78, 5) is 28.3. The summed E-state index contributed by atoms with van der Waals surface area (Å²) in [7, 11) is 0.